The molecule has 1 amide bonds. The quantitative estimate of drug-likeness (QED) is 0.637. The first-order chi connectivity index (χ1) is 6.77. The van der Waals surface area contributed by atoms with E-state index in [1.165, 1.54) is 12.8 Å². The van der Waals surface area contributed by atoms with Gasteiger partial charge in [-0.1, -0.05) is 0 Å². The molecule has 2 saturated heterocycles. The largest absolute Gasteiger partial charge is 0.366 e. The molecule has 4 nitrogen and oxygen atoms in total. The Hall–Kier alpha value is -0.610. The van der Waals surface area contributed by atoms with Gasteiger partial charge >= 0.3 is 0 Å². The molecular formula is C10H18N2O2. The molecule has 1 N–H and O–H groups in total. The maximum absolute atomic E-state index is 11.2. The van der Waals surface area contributed by atoms with Crippen molar-refractivity contribution < 1.29 is 9.53 Å². The van der Waals surface area contributed by atoms with Crippen molar-refractivity contribution in [3.8, 4) is 0 Å². The molecule has 14 heavy (non-hydrogen) atoms. The van der Waals surface area contributed by atoms with E-state index < -0.39 is 0 Å². The second-order valence-corrected chi connectivity index (χ2v) is 4.23. The predicted molar refractivity (Wildman–Crippen MR) is 53.0 cm³/mol. The lowest BCUT2D eigenvalue weighted by molar-refractivity contribution is -0.150. The number of hydrogen-bond donors (Lipinski definition) is 1. The van der Waals surface area contributed by atoms with Gasteiger partial charge < -0.3 is 15.0 Å². The van der Waals surface area contributed by atoms with Gasteiger partial charge in [-0.15, -0.1) is 0 Å². The summed E-state index contributed by atoms with van der Waals surface area (Å²) < 4.78 is 5.57. The van der Waals surface area contributed by atoms with Crippen LogP contribution in [0.2, 0.25) is 0 Å². The summed E-state index contributed by atoms with van der Waals surface area (Å²) in [6, 6.07) is 0. The summed E-state index contributed by atoms with van der Waals surface area (Å²) in [5.41, 5.74) is 0. The van der Waals surface area contributed by atoms with Gasteiger partial charge in [-0.2, -0.15) is 0 Å². The highest BCUT2D eigenvalue weighted by Gasteiger charge is 2.30. The van der Waals surface area contributed by atoms with E-state index in [4.69, 9.17) is 4.74 Å². The van der Waals surface area contributed by atoms with E-state index in [0.717, 1.165) is 19.6 Å². The van der Waals surface area contributed by atoms with E-state index in [-0.39, 0.29) is 18.6 Å². The first-order valence-corrected chi connectivity index (χ1v) is 5.33. The molecule has 2 unspecified atom stereocenters. The van der Waals surface area contributed by atoms with E-state index in [1.54, 1.807) is 4.90 Å². The minimum absolute atomic E-state index is 0.102. The van der Waals surface area contributed by atoms with Gasteiger partial charge in [0, 0.05) is 20.1 Å². The van der Waals surface area contributed by atoms with Crippen molar-refractivity contribution in [3.05, 3.63) is 0 Å². The number of likely N-dealkylation sites (N-methyl/N-ethyl adjacent to an activating group) is 1. The van der Waals surface area contributed by atoms with E-state index in [2.05, 4.69) is 5.32 Å². The third-order valence-corrected chi connectivity index (χ3v) is 3.16. The number of amides is 1. The van der Waals surface area contributed by atoms with Crippen molar-refractivity contribution in [2.24, 2.45) is 5.92 Å². The molecule has 80 valence electrons. The van der Waals surface area contributed by atoms with Crippen LogP contribution in [0.4, 0.5) is 0 Å². The molecule has 0 saturated carbocycles. The molecule has 2 aliphatic rings. The first-order valence-electron chi connectivity index (χ1n) is 5.33. The van der Waals surface area contributed by atoms with Crippen LogP contribution in [0.1, 0.15) is 12.8 Å². The smallest absolute Gasteiger partial charge is 0.248 e. The fourth-order valence-electron chi connectivity index (χ4n) is 2.19. The number of rotatable bonds is 1. The fourth-order valence-corrected chi connectivity index (χ4v) is 2.19. The summed E-state index contributed by atoms with van der Waals surface area (Å²) in [6.45, 7) is 3.17. The molecule has 2 atom stereocenters. The Kier molecular flexibility index (Phi) is 3.03. The zero-order valence-electron chi connectivity index (χ0n) is 8.66. The average Bonchev–Trinajstić information content (AvgIpc) is 2.23. The van der Waals surface area contributed by atoms with E-state index in [9.17, 15) is 4.79 Å². The van der Waals surface area contributed by atoms with Crippen LogP contribution in [-0.2, 0) is 9.53 Å². The van der Waals surface area contributed by atoms with Crippen molar-refractivity contribution in [3.63, 3.8) is 0 Å². The molecule has 0 aromatic rings. The number of carbonyl (C=O) groups excluding carboxylic acids is 1. The Labute approximate surface area is 84.6 Å². The number of nitrogens with zero attached hydrogens (tertiary/aromatic N) is 1. The highest BCUT2D eigenvalue weighted by molar-refractivity contribution is 5.77. The summed E-state index contributed by atoms with van der Waals surface area (Å²) in [7, 11) is 1.86. The van der Waals surface area contributed by atoms with Crippen molar-refractivity contribution >= 4 is 5.91 Å². The highest BCUT2D eigenvalue weighted by Crippen LogP contribution is 2.20. The van der Waals surface area contributed by atoms with Crippen LogP contribution in [0, 0.1) is 5.92 Å². The van der Waals surface area contributed by atoms with Crippen LogP contribution in [0.15, 0.2) is 0 Å². The predicted octanol–water partition coefficient (Wildman–Crippen LogP) is -0.157. The molecule has 0 spiro atoms. The normalized spacial score (nSPS) is 34.6. The van der Waals surface area contributed by atoms with Crippen LogP contribution in [-0.4, -0.2) is 50.2 Å². The lowest BCUT2D eigenvalue weighted by Gasteiger charge is -2.36. The molecule has 4 heteroatoms. The molecule has 2 heterocycles. The Morgan fingerprint density at radius 2 is 2.43 bits per heavy atom. The van der Waals surface area contributed by atoms with Crippen LogP contribution in [0.5, 0.6) is 0 Å². The number of hydrogen-bond acceptors (Lipinski definition) is 3. The van der Waals surface area contributed by atoms with Crippen molar-refractivity contribution in [1.29, 1.82) is 0 Å². The lowest BCUT2D eigenvalue weighted by atomic mass is 9.93. The van der Waals surface area contributed by atoms with Gasteiger partial charge in [-0.05, 0) is 25.3 Å². The van der Waals surface area contributed by atoms with Crippen molar-refractivity contribution in [2.75, 3.05) is 33.3 Å². The SMILES string of the molecule is CN1CC(C2CCCNC2)OCC1=O. The van der Waals surface area contributed by atoms with Gasteiger partial charge in [0.25, 0.3) is 0 Å². The number of carbonyl (C=O) groups is 1. The lowest BCUT2D eigenvalue weighted by Crippen LogP contribution is -2.50. The second kappa shape index (κ2) is 4.28. The molecule has 0 radical (unpaired) electrons. The molecule has 0 aromatic heterocycles. The second-order valence-electron chi connectivity index (χ2n) is 4.23. The van der Waals surface area contributed by atoms with Gasteiger partial charge in [-0.25, -0.2) is 0 Å². The molecule has 2 rings (SSSR count). The fraction of sp³-hybridized carbons (Fsp3) is 0.900. The first kappa shape index (κ1) is 9.93. The van der Waals surface area contributed by atoms with Crippen LogP contribution >= 0.6 is 0 Å². The Bertz CT molecular complexity index is 214. The monoisotopic (exact) mass is 198 g/mol. The van der Waals surface area contributed by atoms with Crippen LogP contribution < -0.4 is 5.32 Å². The number of piperidine rings is 1. The van der Waals surface area contributed by atoms with E-state index in [0.29, 0.717) is 5.92 Å². The van der Waals surface area contributed by atoms with E-state index in [1.807, 2.05) is 7.05 Å². The van der Waals surface area contributed by atoms with Crippen molar-refractivity contribution in [1.82, 2.24) is 10.2 Å². The Morgan fingerprint density at radius 3 is 3.07 bits per heavy atom. The zero-order valence-corrected chi connectivity index (χ0v) is 8.66. The van der Waals surface area contributed by atoms with Crippen molar-refractivity contribution in [2.45, 2.75) is 18.9 Å². The van der Waals surface area contributed by atoms with Gasteiger partial charge in [0.05, 0.1) is 6.10 Å². The van der Waals surface area contributed by atoms with Gasteiger partial charge in [0.2, 0.25) is 5.91 Å². The summed E-state index contributed by atoms with van der Waals surface area (Å²) in [4.78, 5) is 13.0. The summed E-state index contributed by atoms with van der Waals surface area (Å²) >= 11 is 0. The number of nitrogens with one attached hydrogen (secondary N) is 1. The number of ether oxygens (including phenoxy) is 1. The molecule has 0 aromatic carbocycles. The number of morpholine rings is 1. The topological polar surface area (TPSA) is 41.6 Å². The minimum atomic E-state index is 0.102. The average molecular weight is 198 g/mol. The Balaban J connectivity index is 1.88. The molecule has 0 bridgehead atoms. The summed E-state index contributed by atoms with van der Waals surface area (Å²) in [5.74, 6) is 0.685. The van der Waals surface area contributed by atoms with Crippen LogP contribution in [0.3, 0.4) is 0 Å². The van der Waals surface area contributed by atoms with E-state index >= 15 is 0 Å². The molecule has 2 aliphatic heterocycles. The van der Waals surface area contributed by atoms with Gasteiger partial charge in [0.15, 0.2) is 0 Å². The highest BCUT2D eigenvalue weighted by atomic mass is 16.5. The Morgan fingerprint density at radius 1 is 1.57 bits per heavy atom. The summed E-state index contributed by atoms with van der Waals surface area (Å²) in [5, 5.41) is 3.37. The standard InChI is InChI=1S/C10H18N2O2/c1-12-6-9(14-7-10(12)13)8-3-2-4-11-5-8/h8-9,11H,2-7H2,1H3. The van der Waals surface area contributed by atoms with Crippen LogP contribution in [0.25, 0.3) is 0 Å². The van der Waals surface area contributed by atoms with Gasteiger partial charge in [0.1, 0.15) is 6.61 Å². The third kappa shape index (κ3) is 2.07. The maximum atomic E-state index is 11.2. The minimum Gasteiger partial charge on any atom is -0.366 e. The third-order valence-electron chi connectivity index (χ3n) is 3.16. The molecular weight excluding hydrogens is 180 g/mol. The summed E-state index contributed by atoms with van der Waals surface area (Å²) in [6.07, 6.45) is 2.69. The zero-order chi connectivity index (χ0) is 9.97. The molecule has 0 aliphatic carbocycles. The maximum Gasteiger partial charge on any atom is 0.248 e. The van der Waals surface area contributed by atoms with Gasteiger partial charge in [-0.3, -0.25) is 4.79 Å². The molecule has 2 fully saturated rings.